The second kappa shape index (κ2) is 7.66. The van der Waals surface area contributed by atoms with Crippen LogP contribution in [0.15, 0.2) is 12.1 Å². The van der Waals surface area contributed by atoms with E-state index in [1.165, 1.54) is 43.5 Å². The summed E-state index contributed by atoms with van der Waals surface area (Å²) in [6, 6.07) is 4.26. The van der Waals surface area contributed by atoms with E-state index in [-0.39, 0.29) is 0 Å². The van der Waals surface area contributed by atoms with Gasteiger partial charge in [-0.2, -0.15) is 0 Å². The highest BCUT2D eigenvalue weighted by Crippen LogP contribution is 2.38. The first-order chi connectivity index (χ1) is 9.22. The Balaban J connectivity index is 1.97. The van der Waals surface area contributed by atoms with Crippen molar-refractivity contribution in [1.82, 2.24) is 5.32 Å². The van der Waals surface area contributed by atoms with E-state index in [1.54, 1.807) is 11.3 Å². The Kier molecular flexibility index (Phi) is 6.18. The Labute approximate surface area is 126 Å². The van der Waals surface area contributed by atoms with Crippen LogP contribution >= 0.6 is 22.9 Å². The highest BCUT2D eigenvalue weighted by molar-refractivity contribution is 7.16. The third-order valence-electron chi connectivity index (χ3n) is 4.57. The molecule has 1 N–H and O–H groups in total. The van der Waals surface area contributed by atoms with Crippen LogP contribution in [0.1, 0.15) is 44.4 Å². The number of halogens is 1. The lowest BCUT2D eigenvalue weighted by Gasteiger charge is -2.36. The molecule has 0 aliphatic heterocycles. The molecule has 1 heterocycles. The fraction of sp³-hybridized carbons (Fsp3) is 0.750. The minimum Gasteiger partial charge on any atom is -0.317 e. The van der Waals surface area contributed by atoms with Gasteiger partial charge in [-0.15, -0.1) is 11.3 Å². The van der Waals surface area contributed by atoms with Crippen LogP contribution < -0.4 is 5.32 Å². The number of hydrogen-bond acceptors (Lipinski definition) is 2. The molecule has 108 valence electrons. The van der Waals surface area contributed by atoms with Crippen LogP contribution in [-0.2, 0) is 6.42 Å². The standard InChI is InChI=1S/C16H26ClNS/c1-3-12-5-6-13(11-18-4-2)14(9-12)10-15-7-8-16(17)19-15/h7-8,12-14,18H,3-6,9-11H2,1-2H3. The molecule has 1 aliphatic carbocycles. The highest BCUT2D eigenvalue weighted by Gasteiger charge is 2.29. The normalized spacial score (nSPS) is 27.6. The SMILES string of the molecule is CCNCC1CCC(CC)CC1Cc1ccc(Cl)s1. The maximum Gasteiger partial charge on any atom is 0.0931 e. The molecule has 1 fully saturated rings. The lowest BCUT2D eigenvalue weighted by atomic mass is 9.71. The molecule has 0 bridgehead atoms. The lowest BCUT2D eigenvalue weighted by Crippen LogP contribution is -2.34. The summed E-state index contributed by atoms with van der Waals surface area (Å²) in [6.45, 7) is 6.82. The first kappa shape index (κ1) is 15.3. The minimum atomic E-state index is 0.840. The Morgan fingerprint density at radius 1 is 1.26 bits per heavy atom. The third-order valence-corrected chi connectivity index (χ3v) is 5.83. The van der Waals surface area contributed by atoms with Gasteiger partial charge in [0.25, 0.3) is 0 Å². The lowest BCUT2D eigenvalue weighted by molar-refractivity contribution is 0.172. The van der Waals surface area contributed by atoms with Crippen LogP contribution in [-0.4, -0.2) is 13.1 Å². The molecule has 1 saturated carbocycles. The van der Waals surface area contributed by atoms with Crippen LogP contribution in [0.4, 0.5) is 0 Å². The van der Waals surface area contributed by atoms with Gasteiger partial charge in [0.1, 0.15) is 0 Å². The van der Waals surface area contributed by atoms with E-state index in [0.717, 1.165) is 28.6 Å². The molecule has 0 amide bonds. The van der Waals surface area contributed by atoms with Gasteiger partial charge in [0.05, 0.1) is 4.34 Å². The Hall–Kier alpha value is -0.0500. The Bertz CT molecular complexity index is 377. The van der Waals surface area contributed by atoms with Crippen LogP contribution in [0.2, 0.25) is 4.34 Å². The van der Waals surface area contributed by atoms with Crippen molar-refractivity contribution < 1.29 is 0 Å². The molecule has 2 rings (SSSR count). The summed E-state index contributed by atoms with van der Waals surface area (Å²) in [5.41, 5.74) is 0. The van der Waals surface area contributed by atoms with E-state index in [0.29, 0.717) is 0 Å². The van der Waals surface area contributed by atoms with E-state index < -0.39 is 0 Å². The molecule has 1 aromatic heterocycles. The quantitative estimate of drug-likeness (QED) is 0.780. The summed E-state index contributed by atoms with van der Waals surface area (Å²) in [5, 5.41) is 3.55. The summed E-state index contributed by atoms with van der Waals surface area (Å²) >= 11 is 7.82. The molecule has 0 spiro atoms. The maximum absolute atomic E-state index is 6.06. The highest BCUT2D eigenvalue weighted by atomic mass is 35.5. The third kappa shape index (κ3) is 4.47. The molecule has 1 aliphatic rings. The molecular weight excluding hydrogens is 274 g/mol. The molecule has 19 heavy (non-hydrogen) atoms. The zero-order valence-electron chi connectivity index (χ0n) is 12.1. The molecule has 3 atom stereocenters. The van der Waals surface area contributed by atoms with Gasteiger partial charge >= 0.3 is 0 Å². The first-order valence-corrected chi connectivity index (χ1v) is 8.87. The van der Waals surface area contributed by atoms with Crippen LogP contribution in [0.25, 0.3) is 0 Å². The van der Waals surface area contributed by atoms with Crippen molar-refractivity contribution in [3.05, 3.63) is 21.3 Å². The zero-order valence-corrected chi connectivity index (χ0v) is 13.7. The summed E-state index contributed by atoms with van der Waals surface area (Å²) in [7, 11) is 0. The largest absolute Gasteiger partial charge is 0.317 e. The molecular formula is C16H26ClNS. The van der Waals surface area contributed by atoms with Gasteiger partial charge in [0.2, 0.25) is 0 Å². The molecule has 0 radical (unpaired) electrons. The van der Waals surface area contributed by atoms with Crippen molar-refractivity contribution in [3.8, 4) is 0 Å². The van der Waals surface area contributed by atoms with E-state index in [9.17, 15) is 0 Å². The topological polar surface area (TPSA) is 12.0 Å². The second-order valence-electron chi connectivity index (χ2n) is 5.83. The van der Waals surface area contributed by atoms with Gasteiger partial charge < -0.3 is 5.32 Å². The monoisotopic (exact) mass is 299 g/mol. The van der Waals surface area contributed by atoms with Crippen molar-refractivity contribution in [2.24, 2.45) is 17.8 Å². The molecule has 3 unspecified atom stereocenters. The van der Waals surface area contributed by atoms with E-state index in [2.05, 4.69) is 25.2 Å². The van der Waals surface area contributed by atoms with Gasteiger partial charge in [-0.05, 0) is 62.2 Å². The summed E-state index contributed by atoms with van der Waals surface area (Å²) in [4.78, 5) is 1.47. The van der Waals surface area contributed by atoms with Gasteiger partial charge in [-0.3, -0.25) is 0 Å². The van der Waals surface area contributed by atoms with Crippen LogP contribution in [0.3, 0.4) is 0 Å². The fourth-order valence-corrected chi connectivity index (χ4v) is 4.54. The summed E-state index contributed by atoms with van der Waals surface area (Å²) in [6.07, 6.45) is 6.80. The second-order valence-corrected chi connectivity index (χ2v) is 7.62. The van der Waals surface area contributed by atoms with Gasteiger partial charge in [0, 0.05) is 4.88 Å². The van der Waals surface area contributed by atoms with Gasteiger partial charge in [0.15, 0.2) is 0 Å². The Morgan fingerprint density at radius 3 is 2.74 bits per heavy atom. The van der Waals surface area contributed by atoms with Crippen molar-refractivity contribution in [3.63, 3.8) is 0 Å². The number of thiophene rings is 1. The average Bonchev–Trinajstić information content (AvgIpc) is 2.82. The van der Waals surface area contributed by atoms with Crippen molar-refractivity contribution in [2.75, 3.05) is 13.1 Å². The maximum atomic E-state index is 6.06. The summed E-state index contributed by atoms with van der Waals surface area (Å²) in [5.74, 6) is 2.63. The van der Waals surface area contributed by atoms with E-state index in [4.69, 9.17) is 11.6 Å². The Morgan fingerprint density at radius 2 is 2.11 bits per heavy atom. The predicted molar refractivity (Wildman–Crippen MR) is 86.2 cm³/mol. The van der Waals surface area contributed by atoms with Gasteiger partial charge in [-0.25, -0.2) is 0 Å². The first-order valence-electron chi connectivity index (χ1n) is 7.67. The zero-order chi connectivity index (χ0) is 13.7. The van der Waals surface area contributed by atoms with E-state index >= 15 is 0 Å². The molecule has 1 aromatic rings. The molecule has 1 nitrogen and oxygen atoms in total. The fourth-order valence-electron chi connectivity index (χ4n) is 3.36. The van der Waals surface area contributed by atoms with Crippen LogP contribution in [0, 0.1) is 17.8 Å². The van der Waals surface area contributed by atoms with Crippen molar-refractivity contribution in [1.29, 1.82) is 0 Å². The molecule has 3 heteroatoms. The smallest absolute Gasteiger partial charge is 0.0931 e. The summed E-state index contributed by atoms with van der Waals surface area (Å²) < 4.78 is 0.932. The molecule has 0 aromatic carbocycles. The predicted octanol–water partition coefficient (Wildman–Crippen LogP) is 5.00. The number of rotatable bonds is 6. The van der Waals surface area contributed by atoms with Gasteiger partial charge in [-0.1, -0.05) is 38.3 Å². The van der Waals surface area contributed by atoms with Crippen LogP contribution in [0.5, 0.6) is 0 Å². The number of nitrogens with one attached hydrogen (secondary N) is 1. The van der Waals surface area contributed by atoms with Crippen molar-refractivity contribution in [2.45, 2.75) is 46.0 Å². The molecule has 0 saturated heterocycles. The number of hydrogen-bond donors (Lipinski definition) is 1. The van der Waals surface area contributed by atoms with Crippen molar-refractivity contribution >= 4 is 22.9 Å². The average molecular weight is 300 g/mol. The van der Waals surface area contributed by atoms with E-state index in [1.807, 2.05) is 6.07 Å². The minimum absolute atomic E-state index is 0.840.